The molecule has 16 rings (SSSR count). The van der Waals surface area contributed by atoms with Crippen LogP contribution in [0.25, 0.3) is 43.8 Å². The number of likely N-dealkylation sites (tertiary alicyclic amines) is 2. The van der Waals surface area contributed by atoms with Crippen molar-refractivity contribution in [2.24, 2.45) is 11.1 Å². The highest BCUT2D eigenvalue weighted by molar-refractivity contribution is 6.10. The summed E-state index contributed by atoms with van der Waals surface area (Å²) in [5, 5.41) is 10.1. The summed E-state index contributed by atoms with van der Waals surface area (Å²) < 4.78 is 4.82. The number of nitrogens with one attached hydrogen (secondary N) is 2. The zero-order valence-corrected chi connectivity index (χ0v) is 52.2. The van der Waals surface area contributed by atoms with E-state index in [2.05, 4.69) is 43.6 Å². The standard InChI is InChI=1S/C35H35N7O3.C34H33N5O4.C3H7N/c1-36-35(11-12-35)33(45)41-16-13-34(14-17-41)26-10-15-37-20-29(26)42(32(34)44)21-28-30(25-5-3-2-4-22(25)18-39-28)23-6-9-27(38-19-23)31(43)40-24-7-8-24;1-3-33(11-12-33)31(41)38-16-13-34(14-17-38)25-10-15-35-20-28(25)39(32(34)42)21-27-29(24-7-5-4-6-22(24)18-37-27)23-8-9-26(36-19-23)30(40)43-2;4-3-1-2-3/h2-6,9-10,15,18-20,24,36H,7-8,11-14,16-17,21H2,1H3,(H,40,43);4-10,15,18-20H,3,11-14,16-17,21H2,1-2H3;3H,1-2,4H2. The second kappa shape index (κ2) is 24.0. The molecule has 5 amide bonds. The Morgan fingerprint density at radius 2 is 1.05 bits per heavy atom. The SMILES string of the molecule is CCC1(C(=O)N2CCC3(CC2)C(=O)N(Cc2ncc4ccccc4c2-c2ccc(C(=O)OC)nc2)c2cnccc23)CC1.CNC1(C(=O)N2CCC3(CC2)C(=O)N(Cc2ncc4ccccc4c2-c2ccc(C(=O)NC4CC4)nc2)c2cnccc23)CC1.NC1CC1. The van der Waals surface area contributed by atoms with E-state index in [1.165, 1.54) is 20.0 Å². The number of hydrogen-bond donors (Lipinski definition) is 3. The lowest BCUT2D eigenvalue weighted by molar-refractivity contribution is -0.140. The monoisotopic (exact) mass is 1230 g/mol. The van der Waals surface area contributed by atoms with Gasteiger partial charge in [-0.15, -0.1) is 0 Å². The van der Waals surface area contributed by atoms with E-state index in [9.17, 15) is 28.8 Å². The van der Waals surface area contributed by atoms with Gasteiger partial charge in [0.05, 0.1) is 71.7 Å². The number of piperidine rings is 2. The number of aromatic nitrogens is 6. The smallest absolute Gasteiger partial charge is 0.356 e. The van der Waals surface area contributed by atoms with E-state index < -0.39 is 22.3 Å². The highest BCUT2D eigenvalue weighted by atomic mass is 16.5. The Balaban J connectivity index is 0.000000151. The molecular formula is C72H75N13O7. The van der Waals surface area contributed by atoms with Crippen molar-refractivity contribution in [1.82, 2.24) is 50.3 Å². The molecule has 2 aromatic carbocycles. The summed E-state index contributed by atoms with van der Waals surface area (Å²) in [5.74, 6) is -0.221. The Hall–Kier alpha value is -9.40. The topological polar surface area (TPSA) is 252 Å². The summed E-state index contributed by atoms with van der Waals surface area (Å²) in [4.78, 5) is 115. The number of carbonyl (C=O) groups is 6. The van der Waals surface area contributed by atoms with Crippen LogP contribution in [0.3, 0.4) is 0 Å². The van der Waals surface area contributed by atoms with Crippen molar-refractivity contribution < 1.29 is 33.5 Å². The van der Waals surface area contributed by atoms with Crippen LogP contribution in [-0.4, -0.2) is 133 Å². The zero-order chi connectivity index (χ0) is 63.5. The predicted molar refractivity (Wildman–Crippen MR) is 348 cm³/mol. The van der Waals surface area contributed by atoms with Crippen LogP contribution in [0.1, 0.15) is 134 Å². The van der Waals surface area contributed by atoms with E-state index in [0.717, 1.165) is 123 Å². The molecule has 4 saturated carbocycles. The highest BCUT2D eigenvalue weighted by Crippen LogP contribution is 2.54. The molecule has 0 radical (unpaired) electrons. The maximum atomic E-state index is 14.5. The summed E-state index contributed by atoms with van der Waals surface area (Å²) in [5.41, 5.74) is 12.2. The summed E-state index contributed by atoms with van der Waals surface area (Å²) in [6.07, 6.45) is 25.5. The first-order valence-corrected chi connectivity index (χ1v) is 32.3. The van der Waals surface area contributed by atoms with E-state index in [1.807, 2.05) is 106 Å². The molecule has 0 atom stereocenters. The molecule has 2 saturated heterocycles. The maximum Gasteiger partial charge on any atom is 0.356 e. The van der Waals surface area contributed by atoms with Crippen LogP contribution >= 0.6 is 0 Å². The predicted octanol–water partition coefficient (Wildman–Crippen LogP) is 8.93. The zero-order valence-electron chi connectivity index (χ0n) is 52.2. The van der Waals surface area contributed by atoms with Gasteiger partial charge in [0.2, 0.25) is 23.6 Å². The number of ether oxygens (including phenoxy) is 1. The first kappa shape index (κ1) is 60.2. The maximum absolute atomic E-state index is 14.5. The summed E-state index contributed by atoms with van der Waals surface area (Å²) >= 11 is 0. The number of nitrogens with two attached hydrogens (primary N) is 1. The molecule has 0 unspecified atom stereocenters. The number of benzene rings is 2. The van der Waals surface area contributed by atoms with Gasteiger partial charge in [0.1, 0.15) is 11.4 Å². The largest absolute Gasteiger partial charge is 0.464 e. The van der Waals surface area contributed by atoms with Gasteiger partial charge >= 0.3 is 5.97 Å². The molecule has 2 spiro atoms. The Morgan fingerprint density at radius 1 is 0.576 bits per heavy atom. The highest BCUT2D eigenvalue weighted by Gasteiger charge is 2.58. The lowest BCUT2D eigenvalue weighted by atomic mass is 9.73. The normalized spacial score (nSPS) is 19.2. The molecule has 8 aromatic rings. The molecule has 20 heteroatoms. The van der Waals surface area contributed by atoms with Gasteiger partial charge < -0.3 is 40.7 Å². The Morgan fingerprint density at radius 3 is 1.47 bits per heavy atom. The number of nitrogens with zero attached hydrogens (tertiary/aromatic N) is 10. The molecule has 4 aliphatic heterocycles. The van der Waals surface area contributed by atoms with Gasteiger partial charge in [-0.05, 0) is 137 Å². The molecule has 470 valence electrons. The number of amides is 5. The van der Waals surface area contributed by atoms with Crippen molar-refractivity contribution in [3.8, 4) is 22.3 Å². The number of esters is 1. The number of rotatable bonds is 13. The summed E-state index contributed by atoms with van der Waals surface area (Å²) in [6, 6.07) is 27.9. The molecule has 4 N–H and O–H groups in total. The Labute approximate surface area is 533 Å². The van der Waals surface area contributed by atoms with E-state index in [0.29, 0.717) is 63.6 Å². The van der Waals surface area contributed by atoms with Gasteiger partial charge in [-0.2, -0.15) is 0 Å². The number of fused-ring (bicyclic) bond motifs is 6. The fraction of sp³-hybridized carbons (Fsp3) is 0.389. The molecule has 0 bridgehead atoms. The van der Waals surface area contributed by atoms with Crippen LogP contribution in [0.2, 0.25) is 0 Å². The molecule has 6 fully saturated rings. The Kier molecular flexibility index (Phi) is 15.7. The third-order valence-corrected chi connectivity index (χ3v) is 20.6. The first-order valence-electron chi connectivity index (χ1n) is 32.3. The minimum atomic E-state index is -0.708. The second-order valence-corrected chi connectivity index (χ2v) is 26.1. The van der Waals surface area contributed by atoms with Crippen molar-refractivity contribution in [1.29, 1.82) is 0 Å². The van der Waals surface area contributed by atoms with Crippen molar-refractivity contribution in [2.45, 2.75) is 132 Å². The van der Waals surface area contributed by atoms with Gasteiger partial charge in [0.15, 0.2) is 0 Å². The van der Waals surface area contributed by atoms with Gasteiger partial charge in [0, 0.05) is 114 Å². The van der Waals surface area contributed by atoms with Crippen LogP contribution in [0.4, 0.5) is 11.4 Å². The van der Waals surface area contributed by atoms with Crippen LogP contribution in [0, 0.1) is 5.41 Å². The first-order chi connectivity index (χ1) is 44.7. The number of anilines is 2. The Bertz CT molecular complexity index is 4220. The van der Waals surface area contributed by atoms with Crippen LogP contribution in [0.5, 0.6) is 0 Å². The summed E-state index contributed by atoms with van der Waals surface area (Å²) in [6.45, 7) is 4.81. The molecular weight excluding hydrogens is 1160 g/mol. The number of carbonyl (C=O) groups excluding carboxylic acids is 6. The number of likely N-dealkylation sites (N-methyl/N-ethyl adjacent to an activating group) is 1. The van der Waals surface area contributed by atoms with E-state index in [4.69, 9.17) is 20.4 Å². The van der Waals surface area contributed by atoms with Gasteiger partial charge in [-0.1, -0.05) is 67.6 Å². The third kappa shape index (κ3) is 10.9. The minimum Gasteiger partial charge on any atom is -0.464 e. The van der Waals surface area contributed by atoms with Gasteiger partial charge in [0.25, 0.3) is 5.91 Å². The average molecular weight is 1230 g/mol. The number of methoxy groups -OCH3 is 1. The van der Waals surface area contributed by atoms with E-state index in [1.54, 1.807) is 49.3 Å². The van der Waals surface area contributed by atoms with Crippen molar-refractivity contribution in [3.63, 3.8) is 0 Å². The lowest BCUT2D eigenvalue weighted by Crippen LogP contribution is -2.54. The molecule has 92 heavy (non-hydrogen) atoms. The molecule has 8 aliphatic rings. The molecule has 4 aliphatic carbocycles. The van der Waals surface area contributed by atoms with Crippen LogP contribution < -0.4 is 26.2 Å². The van der Waals surface area contributed by atoms with Gasteiger partial charge in [-0.3, -0.25) is 48.9 Å². The fourth-order valence-corrected chi connectivity index (χ4v) is 14.3. The molecule has 20 nitrogen and oxygen atoms in total. The number of pyridine rings is 6. The minimum absolute atomic E-state index is 0.0264. The third-order valence-electron chi connectivity index (χ3n) is 20.6. The fourth-order valence-electron chi connectivity index (χ4n) is 14.3. The van der Waals surface area contributed by atoms with E-state index in [-0.39, 0.29) is 59.8 Å². The molecule has 6 aromatic heterocycles. The van der Waals surface area contributed by atoms with Crippen LogP contribution in [0.15, 0.2) is 135 Å². The second-order valence-electron chi connectivity index (χ2n) is 26.1. The quantitative estimate of drug-likeness (QED) is 0.0911. The summed E-state index contributed by atoms with van der Waals surface area (Å²) in [7, 11) is 3.18. The molecule has 10 heterocycles. The van der Waals surface area contributed by atoms with E-state index >= 15 is 0 Å². The van der Waals surface area contributed by atoms with Crippen LogP contribution in [-0.2, 0) is 47.8 Å². The lowest BCUT2D eigenvalue weighted by Gasteiger charge is -2.39. The van der Waals surface area contributed by atoms with Gasteiger partial charge in [-0.25, -0.2) is 9.78 Å². The van der Waals surface area contributed by atoms with Crippen molar-refractivity contribution in [2.75, 3.05) is 50.1 Å². The van der Waals surface area contributed by atoms with Crippen molar-refractivity contribution in [3.05, 3.63) is 168 Å². The average Bonchev–Trinajstić information content (AvgIpc) is 1.58. The van der Waals surface area contributed by atoms with Crippen molar-refractivity contribution >= 4 is 68.4 Å². The number of hydrogen-bond acceptors (Lipinski definition) is 15.